The van der Waals surface area contributed by atoms with E-state index in [1.54, 1.807) is 0 Å². The highest BCUT2D eigenvalue weighted by atomic mass is 14.7. The third-order valence-corrected chi connectivity index (χ3v) is 3.90. The molecule has 1 rings (SSSR count). The average molecular weight is 234 g/mol. The fourth-order valence-corrected chi connectivity index (χ4v) is 2.54. The molecule has 2 radical (unpaired) electrons. The van der Waals surface area contributed by atoms with Gasteiger partial charge in [0.2, 0.25) is 0 Å². The van der Waals surface area contributed by atoms with E-state index in [0.29, 0.717) is 5.92 Å². The average Bonchev–Trinajstić information content (AvgIpc) is 2.36. The molecule has 3 heteroatoms. The van der Waals surface area contributed by atoms with Crippen LogP contribution in [0, 0.1) is 5.92 Å². The van der Waals surface area contributed by atoms with Crippen LogP contribution in [0.15, 0.2) is 12.2 Å². The van der Waals surface area contributed by atoms with Crippen LogP contribution in [0.2, 0.25) is 5.82 Å². The quantitative estimate of drug-likeness (QED) is 0.525. The Morgan fingerprint density at radius 2 is 2.12 bits per heavy atom. The van der Waals surface area contributed by atoms with Gasteiger partial charge in [0.05, 0.1) is 7.85 Å². The highest BCUT2D eigenvalue weighted by Crippen LogP contribution is 2.25. The van der Waals surface area contributed by atoms with Gasteiger partial charge in [-0.2, -0.15) is 0 Å². The Balaban J connectivity index is 2.28. The maximum Gasteiger partial charge on any atom is 0.0720 e. The molecule has 0 amide bonds. The van der Waals surface area contributed by atoms with Crippen molar-refractivity contribution in [3.8, 4) is 0 Å². The van der Waals surface area contributed by atoms with Crippen LogP contribution in [0.1, 0.15) is 51.9 Å². The van der Waals surface area contributed by atoms with E-state index in [1.807, 2.05) is 0 Å². The standard InChI is InChI=1S/C14H27BN2/c1-2-3-9-12(15)14(17)10-13(16)11-7-5-4-6-8-11/h4-5,11-14H,2-3,6-10,16-17H2,1H3. The van der Waals surface area contributed by atoms with Gasteiger partial charge in [-0.15, -0.1) is 0 Å². The third kappa shape index (κ3) is 5.26. The van der Waals surface area contributed by atoms with E-state index in [2.05, 4.69) is 19.1 Å². The largest absolute Gasteiger partial charge is 0.328 e. The summed E-state index contributed by atoms with van der Waals surface area (Å²) in [6.07, 6.45) is 12.2. The smallest absolute Gasteiger partial charge is 0.0720 e. The molecular formula is C14H27BN2. The van der Waals surface area contributed by atoms with Gasteiger partial charge in [-0.05, 0) is 31.6 Å². The molecule has 0 saturated carbocycles. The Bertz CT molecular complexity index is 230. The van der Waals surface area contributed by atoms with Crippen LogP contribution in [-0.4, -0.2) is 19.9 Å². The van der Waals surface area contributed by atoms with Gasteiger partial charge in [0.15, 0.2) is 0 Å². The molecule has 0 fully saturated rings. The highest BCUT2D eigenvalue weighted by Gasteiger charge is 2.22. The lowest BCUT2D eigenvalue weighted by molar-refractivity contribution is 0.343. The van der Waals surface area contributed by atoms with Crippen LogP contribution in [0.3, 0.4) is 0 Å². The minimum atomic E-state index is 0.0578. The van der Waals surface area contributed by atoms with Crippen LogP contribution >= 0.6 is 0 Å². The second-order valence-electron chi connectivity index (χ2n) is 5.41. The van der Waals surface area contributed by atoms with Crippen molar-refractivity contribution in [1.29, 1.82) is 0 Å². The summed E-state index contributed by atoms with van der Waals surface area (Å²) in [7, 11) is 6.09. The van der Waals surface area contributed by atoms with Crippen LogP contribution in [0.4, 0.5) is 0 Å². The summed E-state index contributed by atoms with van der Waals surface area (Å²) < 4.78 is 0. The summed E-state index contributed by atoms with van der Waals surface area (Å²) >= 11 is 0. The summed E-state index contributed by atoms with van der Waals surface area (Å²) in [5, 5.41) is 0. The number of unbranched alkanes of at least 4 members (excludes halogenated alkanes) is 1. The van der Waals surface area contributed by atoms with Crippen LogP contribution in [-0.2, 0) is 0 Å². The molecule has 4 unspecified atom stereocenters. The van der Waals surface area contributed by atoms with E-state index in [1.165, 1.54) is 12.8 Å². The first-order chi connectivity index (χ1) is 8.15. The minimum Gasteiger partial charge on any atom is -0.328 e. The molecule has 2 nitrogen and oxygen atoms in total. The first-order valence-electron chi connectivity index (χ1n) is 7.06. The topological polar surface area (TPSA) is 52.0 Å². The van der Waals surface area contributed by atoms with E-state index in [9.17, 15) is 0 Å². The van der Waals surface area contributed by atoms with E-state index >= 15 is 0 Å². The summed E-state index contributed by atoms with van der Waals surface area (Å²) in [6, 6.07) is 0.269. The number of hydrogen-bond acceptors (Lipinski definition) is 2. The van der Waals surface area contributed by atoms with Gasteiger partial charge < -0.3 is 11.5 Å². The maximum atomic E-state index is 6.25. The molecule has 0 aliphatic heterocycles. The van der Waals surface area contributed by atoms with Crippen molar-refractivity contribution < 1.29 is 0 Å². The van der Waals surface area contributed by atoms with Crippen molar-refractivity contribution in [1.82, 2.24) is 0 Å². The lowest BCUT2D eigenvalue weighted by atomic mass is 9.74. The molecule has 0 heterocycles. The van der Waals surface area contributed by atoms with E-state index in [-0.39, 0.29) is 17.9 Å². The number of allylic oxidation sites excluding steroid dienone is 2. The Morgan fingerprint density at radius 3 is 2.71 bits per heavy atom. The van der Waals surface area contributed by atoms with Gasteiger partial charge in [-0.25, -0.2) is 0 Å². The maximum absolute atomic E-state index is 6.25. The molecular weight excluding hydrogens is 207 g/mol. The van der Waals surface area contributed by atoms with Crippen molar-refractivity contribution in [2.75, 3.05) is 0 Å². The predicted molar refractivity (Wildman–Crippen MR) is 76.1 cm³/mol. The monoisotopic (exact) mass is 234 g/mol. The van der Waals surface area contributed by atoms with Crippen molar-refractivity contribution in [2.45, 2.75) is 69.8 Å². The van der Waals surface area contributed by atoms with Gasteiger partial charge >= 0.3 is 0 Å². The zero-order chi connectivity index (χ0) is 12.7. The summed E-state index contributed by atoms with van der Waals surface area (Å²) in [6.45, 7) is 2.18. The van der Waals surface area contributed by atoms with Crippen molar-refractivity contribution in [3.63, 3.8) is 0 Å². The molecule has 1 aliphatic rings. The number of hydrogen-bond donors (Lipinski definition) is 2. The van der Waals surface area contributed by atoms with Crippen molar-refractivity contribution in [2.24, 2.45) is 17.4 Å². The molecule has 1 aliphatic carbocycles. The Labute approximate surface area is 108 Å². The summed E-state index contributed by atoms with van der Waals surface area (Å²) in [5.41, 5.74) is 12.4. The molecule has 96 valence electrons. The van der Waals surface area contributed by atoms with E-state index < -0.39 is 0 Å². The molecule has 4 atom stereocenters. The Kier molecular flexibility index (Phi) is 6.90. The van der Waals surface area contributed by atoms with Gasteiger partial charge in [0, 0.05) is 12.1 Å². The van der Waals surface area contributed by atoms with Crippen LogP contribution < -0.4 is 11.5 Å². The molecule has 0 aromatic rings. The lowest BCUT2D eigenvalue weighted by Gasteiger charge is -2.29. The van der Waals surface area contributed by atoms with Crippen molar-refractivity contribution >= 4 is 7.85 Å². The molecule has 0 bridgehead atoms. The highest BCUT2D eigenvalue weighted by molar-refractivity contribution is 6.12. The van der Waals surface area contributed by atoms with Gasteiger partial charge in [0.25, 0.3) is 0 Å². The zero-order valence-electron chi connectivity index (χ0n) is 11.1. The van der Waals surface area contributed by atoms with E-state index in [4.69, 9.17) is 19.3 Å². The summed E-state index contributed by atoms with van der Waals surface area (Å²) in [4.78, 5) is 0. The normalized spacial score (nSPS) is 25.5. The third-order valence-electron chi connectivity index (χ3n) is 3.90. The molecule has 0 aromatic carbocycles. The molecule has 0 aromatic heterocycles. The van der Waals surface area contributed by atoms with Gasteiger partial charge in [0.1, 0.15) is 0 Å². The van der Waals surface area contributed by atoms with Crippen LogP contribution in [0.25, 0.3) is 0 Å². The molecule has 0 saturated heterocycles. The van der Waals surface area contributed by atoms with E-state index in [0.717, 1.165) is 32.1 Å². The first-order valence-corrected chi connectivity index (χ1v) is 7.06. The van der Waals surface area contributed by atoms with Crippen molar-refractivity contribution in [3.05, 3.63) is 12.2 Å². The predicted octanol–water partition coefficient (Wildman–Crippen LogP) is 2.53. The SMILES string of the molecule is [B]C(CCCC)C(N)CC(N)C1CC=CCC1. The first kappa shape index (κ1) is 14.8. The minimum absolute atomic E-state index is 0.0578. The second-order valence-corrected chi connectivity index (χ2v) is 5.41. The summed E-state index contributed by atoms with van der Waals surface area (Å²) in [5.74, 6) is 0.713. The van der Waals surface area contributed by atoms with Crippen LogP contribution in [0.5, 0.6) is 0 Å². The zero-order valence-corrected chi connectivity index (χ0v) is 11.1. The number of rotatable bonds is 7. The fourth-order valence-electron chi connectivity index (χ4n) is 2.54. The second kappa shape index (κ2) is 7.94. The number of nitrogens with two attached hydrogens (primary N) is 2. The lowest BCUT2D eigenvalue weighted by Crippen LogP contribution is -2.39. The van der Waals surface area contributed by atoms with Gasteiger partial charge in [-0.1, -0.05) is 44.2 Å². The van der Waals surface area contributed by atoms with Gasteiger partial charge in [-0.3, -0.25) is 0 Å². The molecule has 0 spiro atoms. The fraction of sp³-hybridized carbons (Fsp3) is 0.857. The Hall–Kier alpha value is -0.275. The molecule has 4 N–H and O–H groups in total. The Morgan fingerprint density at radius 1 is 1.35 bits per heavy atom. The molecule has 17 heavy (non-hydrogen) atoms.